The van der Waals surface area contributed by atoms with Crippen molar-refractivity contribution in [3.63, 3.8) is 0 Å². The first-order valence-electron chi connectivity index (χ1n) is 5.96. The number of para-hydroxylation sites is 1. The molecule has 1 aromatic carbocycles. The summed E-state index contributed by atoms with van der Waals surface area (Å²) in [6.45, 7) is 2.23. The van der Waals surface area contributed by atoms with Crippen LogP contribution in [-0.2, 0) is 4.74 Å². The van der Waals surface area contributed by atoms with Crippen LogP contribution in [0.5, 0.6) is 0 Å². The van der Waals surface area contributed by atoms with Crippen molar-refractivity contribution < 1.29 is 14.6 Å². The first kappa shape index (κ1) is 12.6. The van der Waals surface area contributed by atoms with Crippen molar-refractivity contribution in [2.45, 2.75) is 6.42 Å². The lowest BCUT2D eigenvalue weighted by atomic mass is 10.1. The highest BCUT2D eigenvalue weighted by molar-refractivity contribution is 5.94. The Morgan fingerprint density at radius 2 is 2.22 bits per heavy atom. The maximum Gasteiger partial charge on any atom is 0.337 e. The van der Waals surface area contributed by atoms with E-state index in [1.54, 1.807) is 19.2 Å². The molecular weight excluding hydrogens is 230 g/mol. The van der Waals surface area contributed by atoms with Crippen molar-refractivity contribution >= 4 is 11.7 Å². The Bertz CT molecular complexity index is 468. The molecule has 0 aromatic heterocycles. The number of aromatic carboxylic acids is 1. The van der Waals surface area contributed by atoms with Crippen molar-refractivity contribution in [3.8, 4) is 0 Å². The Morgan fingerprint density at radius 1 is 1.44 bits per heavy atom. The minimum atomic E-state index is -0.878. The number of carboxylic acid groups (broad SMARTS) is 1. The Morgan fingerprint density at radius 3 is 2.83 bits per heavy atom. The average Bonchev–Trinajstić information content (AvgIpc) is 2.40. The highest BCUT2D eigenvalue weighted by Gasteiger charge is 2.17. The summed E-state index contributed by atoms with van der Waals surface area (Å²) >= 11 is 0. The third-order valence-electron chi connectivity index (χ3n) is 3.11. The van der Waals surface area contributed by atoms with E-state index >= 15 is 0 Å². The number of hydrogen-bond acceptors (Lipinski definition) is 3. The molecule has 0 unspecified atom stereocenters. The van der Waals surface area contributed by atoms with Gasteiger partial charge in [0.15, 0.2) is 0 Å². The predicted octanol–water partition coefficient (Wildman–Crippen LogP) is 2.17. The molecular formula is C14H17NO3. The summed E-state index contributed by atoms with van der Waals surface area (Å²) in [6.07, 6.45) is 3.04. The molecule has 0 saturated carbocycles. The Labute approximate surface area is 106 Å². The number of hydrogen-bond donors (Lipinski definition) is 1. The number of anilines is 1. The van der Waals surface area contributed by atoms with Crippen molar-refractivity contribution in [2.24, 2.45) is 0 Å². The zero-order chi connectivity index (χ0) is 13.0. The van der Waals surface area contributed by atoms with Crippen molar-refractivity contribution in [3.05, 3.63) is 41.5 Å². The minimum Gasteiger partial charge on any atom is -0.478 e. The highest BCUT2D eigenvalue weighted by Crippen LogP contribution is 2.23. The van der Waals surface area contributed by atoms with Gasteiger partial charge in [0.05, 0.1) is 17.9 Å². The Hall–Kier alpha value is -1.81. The van der Waals surface area contributed by atoms with Crippen LogP contribution in [0.4, 0.5) is 5.69 Å². The lowest BCUT2D eigenvalue weighted by Gasteiger charge is -2.29. The molecule has 1 aliphatic heterocycles. The maximum absolute atomic E-state index is 11.2. The van der Waals surface area contributed by atoms with Crippen molar-refractivity contribution in [2.75, 3.05) is 31.7 Å². The number of ether oxygens (including phenoxy) is 1. The van der Waals surface area contributed by atoms with E-state index in [-0.39, 0.29) is 0 Å². The summed E-state index contributed by atoms with van der Waals surface area (Å²) in [5.74, 6) is -0.878. The molecule has 4 nitrogen and oxygen atoms in total. The van der Waals surface area contributed by atoms with Crippen LogP contribution in [0.3, 0.4) is 0 Å². The SMILES string of the molecule is COCC1=CCN(c2ccccc2C(=O)O)CC1. The molecule has 0 amide bonds. The fraction of sp³-hybridized carbons (Fsp3) is 0.357. The van der Waals surface area contributed by atoms with Gasteiger partial charge in [-0.1, -0.05) is 18.2 Å². The van der Waals surface area contributed by atoms with Gasteiger partial charge in [0.1, 0.15) is 0 Å². The fourth-order valence-electron chi connectivity index (χ4n) is 2.18. The Kier molecular flexibility index (Phi) is 3.99. The molecule has 0 saturated heterocycles. The normalized spacial score (nSPS) is 15.4. The van der Waals surface area contributed by atoms with Gasteiger partial charge in [-0.3, -0.25) is 0 Å². The lowest BCUT2D eigenvalue weighted by Crippen LogP contribution is -2.30. The molecule has 0 atom stereocenters. The monoisotopic (exact) mass is 247 g/mol. The van der Waals surface area contributed by atoms with Gasteiger partial charge >= 0.3 is 5.97 Å². The standard InChI is InChI=1S/C14H17NO3/c1-18-10-11-6-8-15(9-7-11)13-5-3-2-4-12(13)14(16)17/h2-6H,7-10H2,1H3,(H,16,17). The second-order valence-electron chi connectivity index (χ2n) is 4.31. The fourth-order valence-corrected chi connectivity index (χ4v) is 2.18. The van der Waals surface area contributed by atoms with Gasteiger partial charge in [0.25, 0.3) is 0 Å². The molecule has 1 heterocycles. The van der Waals surface area contributed by atoms with Crippen molar-refractivity contribution in [1.82, 2.24) is 0 Å². The summed E-state index contributed by atoms with van der Waals surface area (Å²) in [4.78, 5) is 13.3. The molecule has 0 aliphatic carbocycles. The van der Waals surface area contributed by atoms with Gasteiger partial charge in [-0.05, 0) is 24.1 Å². The van der Waals surface area contributed by atoms with Gasteiger partial charge in [-0.2, -0.15) is 0 Å². The number of benzene rings is 1. The molecule has 18 heavy (non-hydrogen) atoms. The van der Waals surface area contributed by atoms with E-state index in [9.17, 15) is 9.90 Å². The number of nitrogens with zero attached hydrogens (tertiary/aromatic N) is 1. The first-order valence-corrected chi connectivity index (χ1v) is 5.96. The van der Waals surface area contributed by atoms with Gasteiger partial charge in [-0.25, -0.2) is 4.79 Å². The van der Waals surface area contributed by atoms with E-state index in [2.05, 4.69) is 11.0 Å². The van der Waals surface area contributed by atoms with Crippen LogP contribution in [-0.4, -0.2) is 37.9 Å². The van der Waals surface area contributed by atoms with Crippen LogP contribution in [0.2, 0.25) is 0 Å². The highest BCUT2D eigenvalue weighted by atomic mass is 16.5. The van der Waals surface area contributed by atoms with E-state index in [1.807, 2.05) is 12.1 Å². The number of rotatable bonds is 4. The topological polar surface area (TPSA) is 49.8 Å². The van der Waals surface area contributed by atoms with Gasteiger partial charge < -0.3 is 14.7 Å². The Balaban J connectivity index is 2.17. The molecule has 4 heteroatoms. The molecule has 0 fully saturated rings. The number of methoxy groups -OCH3 is 1. The third kappa shape index (κ3) is 2.71. The molecule has 1 aromatic rings. The third-order valence-corrected chi connectivity index (χ3v) is 3.11. The molecule has 1 aliphatic rings. The molecule has 0 spiro atoms. The van der Waals surface area contributed by atoms with E-state index in [0.29, 0.717) is 12.2 Å². The minimum absolute atomic E-state index is 0.362. The summed E-state index contributed by atoms with van der Waals surface area (Å²) in [5.41, 5.74) is 2.43. The van der Waals surface area contributed by atoms with Crippen LogP contribution in [0.1, 0.15) is 16.8 Å². The second-order valence-corrected chi connectivity index (χ2v) is 4.31. The van der Waals surface area contributed by atoms with E-state index in [0.717, 1.165) is 25.2 Å². The largest absolute Gasteiger partial charge is 0.478 e. The number of carbonyl (C=O) groups is 1. The van der Waals surface area contributed by atoms with Crippen LogP contribution in [0, 0.1) is 0 Å². The summed E-state index contributed by atoms with van der Waals surface area (Å²) in [6, 6.07) is 7.13. The molecule has 2 rings (SSSR count). The smallest absolute Gasteiger partial charge is 0.337 e. The van der Waals surface area contributed by atoms with Gasteiger partial charge in [0, 0.05) is 20.2 Å². The summed E-state index contributed by atoms with van der Waals surface area (Å²) in [5, 5.41) is 9.17. The zero-order valence-electron chi connectivity index (χ0n) is 10.4. The van der Waals surface area contributed by atoms with Crippen LogP contribution >= 0.6 is 0 Å². The van der Waals surface area contributed by atoms with Crippen LogP contribution < -0.4 is 4.90 Å². The summed E-state index contributed by atoms with van der Waals surface area (Å²) < 4.78 is 5.10. The molecule has 96 valence electrons. The van der Waals surface area contributed by atoms with E-state index in [1.165, 1.54) is 5.57 Å². The average molecular weight is 247 g/mol. The number of carboxylic acids is 1. The van der Waals surface area contributed by atoms with Crippen molar-refractivity contribution in [1.29, 1.82) is 0 Å². The molecule has 1 N–H and O–H groups in total. The van der Waals surface area contributed by atoms with E-state index in [4.69, 9.17) is 4.74 Å². The molecule has 0 radical (unpaired) electrons. The van der Waals surface area contributed by atoms with Crippen LogP contribution in [0.25, 0.3) is 0 Å². The second kappa shape index (κ2) is 5.69. The van der Waals surface area contributed by atoms with Crippen LogP contribution in [0.15, 0.2) is 35.9 Å². The lowest BCUT2D eigenvalue weighted by molar-refractivity contribution is 0.0697. The maximum atomic E-state index is 11.2. The first-order chi connectivity index (χ1) is 8.72. The summed E-state index contributed by atoms with van der Waals surface area (Å²) in [7, 11) is 1.69. The molecule has 0 bridgehead atoms. The predicted molar refractivity (Wildman–Crippen MR) is 70.2 cm³/mol. The van der Waals surface area contributed by atoms with Gasteiger partial charge in [-0.15, -0.1) is 0 Å². The zero-order valence-corrected chi connectivity index (χ0v) is 10.4. The van der Waals surface area contributed by atoms with E-state index < -0.39 is 5.97 Å². The quantitative estimate of drug-likeness (QED) is 0.828. The van der Waals surface area contributed by atoms with Gasteiger partial charge in [0.2, 0.25) is 0 Å².